The number of aromatic nitrogens is 2. The van der Waals surface area contributed by atoms with Crippen molar-refractivity contribution in [2.75, 3.05) is 16.4 Å². The average molecular weight is 599 g/mol. The number of nitrogens with one attached hydrogen (secondary N) is 1. The first-order chi connectivity index (χ1) is 20.1. The van der Waals surface area contributed by atoms with Crippen molar-refractivity contribution in [1.29, 1.82) is 5.26 Å². The van der Waals surface area contributed by atoms with E-state index in [9.17, 15) is 32.8 Å². The van der Waals surface area contributed by atoms with Gasteiger partial charge in [0.1, 0.15) is 23.7 Å². The predicted octanol–water partition coefficient (Wildman–Crippen LogP) is 4.54. The van der Waals surface area contributed by atoms with Crippen molar-refractivity contribution in [3.05, 3.63) is 83.0 Å². The standard InChI is InChI=1S/C28H22ClF3N6O4/c29-21-4-2-1-3-20(21)24(25(39)36-18-11-28(31,32)12-18)37(19-10-17(30)14-34-15-19)26(40)22-6-8-42-27(41)38(22)23-9-16(13-33)5-7-35-23/h1-5,7,9-10,14-15,18,22,24H,6,8,11-12H2,(H,36,39)/t22-,24-/m0/s1. The molecular formula is C28H22ClF3N6O4. The number of amides is 3. The van der Waals surface area contributed by atoms with Gasteiger partial charge >= 0.3 is 6.09 Å². The number of ether oxygens (including phenoxy) is 1. The smallest absolute Gasteiger partial charge is 0.416 e. The van der Waals surface area contributed by atoms with Crippen LogP contribution in [0.25, 0.3) is 0 Å². The molecule has 3 heterocycles. The molecule has 2 aromatic heterocycles. The van der Waals surface area contributed by atoms with Gasteiger partial charge in [-0.25, -0.2) is 27.8 Å². The van der Waals surface area contributed by atoms with Crippen LogP contribution in [0.5, 0.6) is 0 Å². The number of anilines is 2. The molecule has 5 rings (SSSR count). The zero-order valence-electron chi connectivity index (χ0n) is 21.7. The number of rotatable bonds is 7. The summed E-state index contributed by atoms with van der Waals surface area (Å²) in [6, 6.07) is 7.91. The minimum Gasteiger partial charge on any atom is -0.449 e. The molecule has 0 bridgehead atoms. The first-order valence-corrected chi connectivity index (χ1v) is 13.1. The lowest BCUT2D eigenvalue weighted by Gasteiger charge is -2.40. The van der Waals surface area contributed by atoms with E-state index < -0.39 is 60.6 Å². The fourth-order valence-corrected chi connectivity index (χ4v) is 5.16. The van der Waals surface area contributed by atoms with Crippen LogP contribution in [-0.2, 0) is 14.3 Å². The van der Waals surface area contributed by atoms with Crippen LogP contribution in [0.4, 0.5) is 29.5 Å². The largest absolute Gasteiger partial charge is 0.449 e. The Bertz CT molecular complexity index is 1580. The van der Waals surface area contributed by atoms with Crippen LogP contribution in [0, 0.1) is 17.1 Å². The first-order valence-electron chi connectivity index (χ1n) is 12.8. The third-order valence-electron chi connectivity index (χ3n) is 6.88. The minimum atomic E-state index is -2.94. The monoisotopic (exact) mass is 598 g/mol. The number of halogens is 4. The van der Waals surface area contributed by atoms with Crippen molar-refractivity contribution in [1.82, 2.24) is 15.3 Å². The van der Waals surface area contributed by atoms with E-state index in [1.165, 1.54) is 30.5 Å². The van der Waals surface area contributed by atoms with Crippen molar-refractivity contribution in [2.45, 2.75) is 43.3 Å². The molecule has 3 aromatic rings. The lowest BCUT2D eigenvalue weighted by atomic mass is 9.87. The Labute approximate surface area is 242 Å². The van der Waals surface area contributed by atoms with E-state index in [1.54, 1.807) is 12.1 Å². The van der Waals surface area contributed by atoms with Crippen LogP contribution < -0.4 is 15.1 Å². The number of nitriles is 1. The van der Waals surface area contributed by atoms with E-state index in [2.05, 4.69) is 15.3 Å². The van der Waals surface area contributed by atoms with Gasteiger partial charge in [-0.3, -0.25) is 19.5 Å². The number of benzene rings is 1. The van der Waals surface area contributed by atoms with E-state index in [-0.39, 0.29) is 40.7 Å². The van der Waals surface area contributed by atoms with Gasteiger partial charge in [0.2, 0.25) is 5.91 Å². The third kappa shape index (κ3) is 5.84. The molecule has 2 aliphatic rings. The topological polar surface area (TPSA) is 129 Å². The van der Waals surface area contributed by atoms with Gasteiger partial charge < -0.3 is 10.1 Å². The van der Waals surface area contributed by atoms with Crippen molar-refractivity contribution in [3.63, 3.8) is 0 Å². The second-order valence-electron chi connectivity index (χ2n) is 9.77. The van der Waals surface area contributed by atoms with E-state index >= 15 is 0 Å². The molecule has 1 aliphatic carbocycles. The number of cyclic esters (lactones) is 1. The summed E-state index contributed by atoms with van der Waals surface area (Å²) in [5, 5.41) is 12.0. The normalized spacial score (nSPS) is 18.7. The highest BCUT2D eigenvalue weighted by atomic mass is 35.5. The highest BCUT2D eigenvalue weighted by molar-refractivity contribution is 6.31. The van der Waals surface area contributed by atoms with Crippen molar-refractivity contribution < 1.29 is 32.3 Å². The van der Waals surface area contributed by atoms with Crippen LogP contribution in [0.15, 0.2) is 61.1 Å². The van der Waals surface area contributed by atoms with Gasteiger partial charge in [-0.2, -0.15) is 5.26 Å². The molecule has 2 atom stereocenters. The maximum Gasteiger partial charge on any atom is 0.416 e. The Morgan fingerprint density at radius 2 is 1.98 bits per heavy atom. The molecule has 0 spiro atoms. The minimum absolute atomic E-state index is 0.0615. The summed E-state index contributed by atoms with van der Waals surface area (Å²) in [5.41, 5.74) is 0.118. The van der Waals surface area contributed by atoms with Crippen molar-refractivity contribution in [2.24, 2.45) is 0 Å². The molecule has 2 fully saturated rings. The predicted molar refractivity (Wildman–Crippen MR) is 143 cm³/mol. The lowest BCUT2D eigenvalue weighted by Crippen LogP contribution is -2.58. The van der Waals surface area contributed by atoms with Gasteiger partial charge in [-0.15, -0.1) is 0 Å². The van der Waals surface area contributed by atoms with Gasteiger partial charge in [0.25, 0.3) is 11.8 Å². The quantitative estimate of drug-likeness (QED) is 0.423. The number of hydrogen-bond donors (Lipinski definition) is 1. The van der Waals surface area contributed by atoms with Crippen LogP contribution in [0.2, 0.25) is 5.02 Å². The second-order valence-corrected chi connectivity index (χ2v) is 10.2. The molecule has 1 aliphatic heterocycles. The average Bonchev–Trinajstić information content (AvgIpc) is 2.95. The van der Waals surface area contributed by atoms with Crippen molar-refractivity contribution in [3.8, 4) is 6.07 Å². The molecule has 3 amide bonds. The molecule has 1 saturated carbocycles. The summed E-state index contributed by atoms with van der Waals surface area (Å²) in [4.78, 5) is 51.1. The lowest BCUT2D eigenvalue weighted by molar-refractivity contribution is -0.133. The summed E-state index contributed by atoms with van der Waals surface area (Å²) < 4.78 is 46.8. The van der Waals surface area contributed by atoms with Crippen LogP contribution in [0.1, 0.15) is 36.4 Å². The summed E-state index contributed by atoms with van der Waals surface area (Å²) in [7, 11) is 0. The SMILES string of the molecule is N#Cc1ccnc(N2C(=O)OCC[C@H]2C(=O)N(c2cncc(F)c2)[C@H](C(=O)NC2CC(F)(F)C2)c2ccccc2Cl)c1. The van der Waals surface area contributed by atoms with Gasteiger partial charge in [0, 0.05) is 48.2 Å². The fourth-order valence-electron chi connectivity index (χ4n) is 4.92. The Kier molecular flexibility index (Phi) is 8.00. The van der Waals surface area contributed by atoms with Gasteiger partial charge in [-0.1, -0.05) is 29.8 Å². The molecular weight excluding hydrogens is 577 g/mol. The maximum atomic E-state index is 14.5. The molecule has 1 aromatic carbocycles. The van der Waals surface area contributed by atoms with Gasteiger partial charge in [-0.05, 0) is 18.2 Å². The molecule has 0 radical (unpaired) electrons. The van der Waals surface area contributed by atoms with Crippen LogP contribution >= 0.6 is 11.6 Å². The number of pyridine rings is 2. The molecule has 10 nitrogen and oxygen atoms in total. The Hall–Kier alpha value is -4.70. The number of nitrogens with zero attached hydrogens (tertiary/aromatic N) is 5. The summed E-state index contributed by atoms with van der Waals surface area (Å²) in [6.07, 6.45) is 1.15. The fraction of sp³-hybridized carbons (Fsp3) is 0.286. The number of alkyl halides is 2. The molecule has 1 saturated heterocycles. The van der Waals surface area contributed by atoms with E-state index in [0.29, 0.717) is 0 Å². The van der Waals surface area contributed by atoms with Crippen molar-refractivity contribution >= 4 is 41.0 Å². The Balaban J connectivity index is 1.62. The molecule has 0 unspecified atom stereocenters. The zero-order valence-corrected chi connectivity index (χ0v) is 22.5. The summed E-state index contributed by atoms with van der Waals surface area (Å²) >= 11 is 6.47. The van der Waals surface area contributed by atoms with E-state index in [1.807, 2.05) is 6.07 Å². The highest BCUT2D eigenvalue weighted by Gasteiger charge is 2.48. The van der Waals surface area contributed by atoms with Crippen LogP contribution in [0.3, 0.4) is 0 Å². The number of carbonyl (C=O) groups is 3. The summed E-state index contributed by atoms with van der Waals surface area (Å²) in [6.45, 7) is -0.168. The van der Waals surface area contributed by atoms with Gasteiger partial charge in [0.15, 0.2) is 0 Å². The Morgan fingerprint density at radius 1 is 1.21 bits per heavy atom. The molecule has 14 heteroatoms. The highest BCUT2D eigenvalue weighted by Crippen LogP contribution is 2.39. The number of hydrogen-bond acceptors (Lipinski definition) is 7. The second kappa shape index (κ2) is 11.7. The van der Waals surface area contributed by atoms with Crippen LogP contribution in [-0.4, -0.2) is 52.5 Å². The van der Waals surface area contributed by atoms with E-state index in [4.69, 9.17) is 16.3 Å². The zero-order chi connectivity index (χ0) is 30.0. The first kappa shape index (κ1) is 28.8. The van der Waals surface area contributed by atoms with E-state index in [0.717, 1.165) is 28.3 Å². The maximum absolute atomic E-state index is 14.5. The summed E-state index contributed by atoms with van der Waals surface area (Å²) in [5.74, 6) is -5.54. The third-order valence-corrected chi connectivity index (χ3v) is 7.22. The molecule has 216 valence electrons. The molecule has 42 heavy (non-hydrogen) atoms. The molecule has 1 N–H and O–H groups in total. The number of carbonyl (C=O) groups excluding carboxylic acids is 3. The Morgan fingerprint density at radius 3 is 2.67 bits per heavy atom. The van der Waals surface area contributed by atoms with Gasteiger partial charge in [0.05, 0.1) is 36.3 Å².